The molecule has 6 nitrogen and oxygen atoms in total. The molecule has 2 aromatic carbocycles. The van der Waals surface area contributed by atoms with Crippen LogP contribution in [0.1, 0.15) is 10.8 Å². The molecule has 0 heterocycles. The highest BCUT2D eigenvalue weighted by Gasteiger charge is 2.28. The molecule has 2 rings (SSSR count). The van der Waals surface area contributed by atoms with Crippen molar-refractivity contribution < 1.29 is 22.9 Å². The summed E-state index contributed by atoms with van der Waals surface area (Å²) in [6.07, 6.45) is 0. The molecule has 122 valence electrons. The van der Waals surface area contributed by atoms with Crippen LogP contribution in [0, 0.1) is 0 Å². The minimum atomic E-state index is -4.39. The van der Waals surface area contributed by atoms with Gasteiger partial charge < -0.3 is 10.0 Å². The van der Waals surface area contributed by atoms with E-state index in [9.17, 15) is 17.8 Å². The van der Waals surface area contributed by atoms with Crippen molar-refractivity contribution in [2.24, 2.45) is 0 Å². The number of aliphatic carboxylic acids is 1. The van der Waals surface area contributed by atoms with Crippen molar-refractivity contribution in [1.82, 2.24) is 0 Å². The molecule has 0 spiro atoms. The summed E-state index contributed by atoms with van der Waals surface area (Å²) in [5, 5.41) is 7.84. The number of hydrogen-bond acceptors (Lipinski definition) is 4. The first kappa shape index (κ1) is 17.0. The maximum Gasteiger partial charge on any atom is 0.323 e. The van der Waals surface area contributed by atoms with Crippen LogP contribution in [0.2, 0.25) is 0 Å². The Morgan fingerprint density at radius 2 is 1.52 bits per heavy atom. The van der Waals surface area contributed by atoms with Crippen LogP contribution in [0.5, 0.6) is 0 Å². The fourth-order valence-electron chi connectivity index (χ4n) is 2.30. The van der Waals surface area contributed by atoms with Crippen LogP contribution in [0.3, 0.4) is 0 Å². The second kappa shape index (κ2) is 7.26. The largest absolute Gasteiger partial charge is 0.480 e. The third kappa shape index (κ3) is 4.80. The van der Waals surface area contributed by atoms with Gasteiger partial charge in [0.1, 0.15) is 11.8 Å². The molecule has 0 aliphatic carbocycles. The Hall–Kier alpha value is -2.38. The Morgan fingerprint density at radius 3 is 2.00 bits per heavy atom. The molecule has 0 saturated heterocycles. The lowest BCUT2D eigenvalue weighted by atomic mass is 10.1. The van der Waals surface area contributed by atoms with Gasteiger partial charge in [-0.15, -0.1) is 0 Å². The van der Waals surface area contributed by atoms with Crippen LogP contribution in [0.15, 0.2) is 60.7 Å². The van der Waals surface area contributed by atoms with Gasteiger partial charge in [0.25, 0.3) is 10.1 Å². The SMILES string of the molecule is O=C(O)CN(CC(c1ccccc1)S(=O)(=O)O)c1ccccc1. The van der Waals surface area contributed by atoms with Crippen molar-refractivity contribution in [3.8, 4) is 0 Å². The van der Waals surface area contributed by atoms with Gasteiger partial charge in [0.05, 0.1) is 0 Å². The molecule has 23 heavy (non-hydrogen) atoms. The molecule has 0 fully saturated rings. The standard InChI is InChI=1S/C16H17NO5S/c18-16(19)12-17(14-9-5-2-6-10-14)11-15(23(20,21)22)13-7-3-1-4-8-13/h1-10,15H,11-12H2,(H,18,19)(H,20,21,22). The highest BCUT2D eigenvalue weighted by molar-refractivity contribution is 7.86. The molecule has 0 aromatic heterocycles. The minimum Gasteiger partial charge on any atom is -0.480 e. The first-order valence-corrected chi connectivity index (χ1v) is 8.41. The van der Waals surface area contributed by atoms with Crippen LogP contribution in [0.25, 0.3) is 0 Å². The van der Waals surface area contributed by atoms with Crippen molar-refractivity contribution in [1.29, 1.82) is 0 Å². The van der Waals surface area contributed by atoms with Crippen LogP contribution in [-0.2, 0) is 14.9 Å². The Bertz CT molecular complexity index is 747. The maximum absolute atomic E-state index is 11.8. The van der Waals surface area contributed by atoms with Crippen molar-refractivity contribution in [3.63, 3.8) is 0 Å². The lowest BCUT2D eigenvalue weighted by molar-refractivity contribution is -0.135. The van der Waals surface area contributed by atoms with E-state index >= 15 is 0 Å². The van der Waals surface area contributed by atoms with E-state index < -0.39 is 21.3 Å². The third-order valence-electron chi connectivity index (χ3n) is 3.36. The van der Waals surface area contributed by atoms with Gasteiger partial charge in [0.15, 0.2) is 0 Å². The predicted molar refractivity (Wildman–Crippen MR) is 87.0 cm³/mol. The summed E-state index contributed by atoms with van der Waals surface area (Å²) in [6, 6.07) is 16.9. The quantitative estimate of drug-likeness (QED) is 0.753. The van der Waals surface area contributed by atoms with Gasteiger partial charge in [-0.05, 0) is 17.7 Å². The van der Waals surface area contributed by atoms with E-state index in [1.165, 1.54) is 4.90 Å². The fraction of sp³-hybridized carbons (Fsp3) is 0.188. The molecular weight excluding hydrogens is 318 g/mol. The molecule has 2 N–H and O–H groups in total. The summed E-state index contributed by atoms with van der Waals surface area (Å²) in [5.41, 5.74) is 0.973. The Morgan fingerprint density at radius 1 is 1.00 bits per heavy atom. The average Bonchev–Trinajstić information content (AvgIpc) is 2.51. The lowest BCUT2D eigenvalue weighted by Crippen LogP contribution is -2.35. The fourth-order valence-corrected chi connectivity index (χ4v) is 3.17. The van der Waals surface area contributed by atoms with Gasteiger partial charge in [0.2, 0.25) is 0 Å². The topological polar surface area (TPSA) is 94.9 Å². The van der Waals surface area contributed by atoms with Gasteiger partial charge in [0, 0.05) is 12.2 Å². The predicted octanol–water partition coefficient (Wildman–Crippen LogP) is 2.21. The number of carbonyl (C=O) groups is 1. The van der Waals surface area contributed by atoms with Gasteiger partial charge >= 0.3 is 5.97 Å². The summed E-state index contributed by atoms with van der Waals surface area (Å²) in [4.78, 5) is 12.5. The number of anilines is 1. The van der Waals surface area contributed by atoms with E-state index in [1.54, 1.807) is 60.7 Å². The van der Waals surface area contributed by atoms with E-state index in [4.69, 9.17) is 5.11 Å². The molecule has 0 aliphatic rings. The number of rotatable bonds is 7. The number of carboxylic acid groups (broad SMARTS) is 1. The summed E-state index contributed by atoms with van der Waals surface area (Å²) in [6.45, 7) is -0.540. The molecule has 0 bridgehead atoms. The molecular formula is C16H17NO5S. The van der Waals surface area contributed by atoms with E-state index in [-0.39, 0.29) is 13.1 Å². The van der Waals surface area contributed by atoms with Crippen molar-refractivity contribution in [3.05, 3.63) is 66.2 Å². The van der Waals surface area contributed by atoms with E-state index in [2.05, 4.69) is 0 Å². The second-order valence-electron chi connectivity index (χ2n) is 5.02. The monoisotopic (exact) mass is 335 g/mol. The Kier molecular flexibility index (Phi) is 5.36. The maximum atomic E-state index is 11.8. The normalized spacial score (nSPS) is 12.6. The van der Waals surface area contributed by atoms with Crippen LogP contribution in [0.4, 0.5) is 5.69 Å². The number of carboxylic acids is 1. The van der Waals surface area contributed by atoms with E-state index in [0.717, 1.165) is 0 Å². The summed E-state index contributed by atoms with van der Waals surface area (Å²) < 4.78 is 33.1. The molecule has 0 amide bonds. The van der Waals surface area contributed by atoms with Crippen molar-refractivity contribution in [2.45, 2.75) is 5.25 Å². The van der Waals surface area contributed by atoms with Gasteiger partial charge in [-0.25, -0.2) is 0 Å². The third-order valence-corrected chi connectivity index (χ3v) is 4.50. The highest BCUT2D eigenvalue weighted by atomic mass is 32.2. The molecule has 0 saturated carbocycles. The summed E-state index contributed by atoms with van der Waals surface area (Å²) >= 11 is 0. The zero-order chi connectivity index (χ0) is 16.9. The van der Waals surface area contributed by atoms with Crippen LogP contribution < -0.4 is 4.90 Å². The van der Waals surface area contributed by atoms with Gasteiger partial charge in [-0.3, -0.25) is 9.35 Å². The number of nitrogens with zero attached hydrogens (tertiary/aromatic N) is 1. The van der Waals surface area contributed by atoms with E-state index in [1.807, 2.05) is 0 Å². The van der Waals surface area contributed by atoms with Crippen LogP contribution >= 0.6 is 0 Å². The molecule has 0 aliphatic heterocycles. The second-order valence-corrected chi connectivity index (χ2v) is 6.62. The highest BCUT2D eigenvalue weighted by Crippen LogP contribution is 2.25. The van der Waals surface area contributed by atoms with E-state index in [0.29, 0.717) is 11.3 Å². The first-order chi connectivity index (χ1) is 10.9. The van der Waals surface area contributed by atoms with Crippen LogP contribution in [-0.4, -0.2) is 37.1 Å². The Labute approximate surface area is 134 Å². The molecule has 1 unspecified atom stereocenters. The molecule has 0 radical (unpaired) electrons. The Balaban J connectivity index is 2.36. The average molecular weight is 335 g/mol. The molecule has 2 aromatic rings. The number of hydrogen-bond donors (Lipinski definition) is 2. The summed E-state index contributed by atoms with van der Waals surface area (Å²) in [5.74, 6) is -1.09. The number of para-hydroxylation sites is 1. The van der Waals surface area contributed by atoms with Gasteiger partial charge in [-0.2, -0.15) is 8.42 Å². The summed E-state index contributed by atoms with van der Waals surface area (Å²) in [7, 11) is -4.39. The number of benzene rings is 2. The molecule has 7 heteroatoms. The first-order valence-electron chi connectivity index (χ1n) is 6.91. The van der Waals surface area contributed by atoms with Crippen molar-refractivity contribution in [2.75, 3.05) is 18.0 Å². The molecule has 1 atom stereocenters. The smallest absolute Gasteiger partial charge is 0.323 e. The zero-order valence-corrected chi connectivity index (χ0v) is 13.1. The zero-order valence-electron chi connectivity index (χ0n) is 12.2. The lowest BCUT2D eigenvalue weighted by Gasteiger charge is -2.27. The van der Waals surface area contributed by atoms with Crippen molar-refractivity contribution >= 4 is 21.8 Å². The van der Waals surface area contributed by atoms with Gasteiger partial charge in [-0.1, -0.05) is 48.5 Å². The minimum absolute atomic E-state index is 0.167.